The first-order valence-corrected chi connectivity index (χ1v) is 10.1. The molecule has 1 aromatic carbocycles. The summed E-state index contributed by atoms with van der Waals surface area (Å²) in [6.07, 6.45) is 0. The Kier molecular flexibility index (Phi) is 7.83. The van der Waals surface area contributed by atoms with Crippen molar-refractivity contribution in [2.75, 3.05) is 18.5 Å². The molecule has 27 heavy (non-hydrogen) atoms. The summed E-state index contributed by atoms with van der Waals surface area (Å²) in [7, 11) is 0. The third-order valence-corrected chi connectivity index (χ3v) is 5.40. The number of amides is 1. The third kappa shape index (κ3) is 6.06. The number of anilines is 1. The van der Waals surface area contributed by atoms with Crippen molar-refractivity contribution >= 4 is 39.8 Å². The minimum Gasteiger partial charge on any atom is -0.462 e. The number of esters is 1. The molecule has 0 saturated heterocycles. The van der Waals surface area contributed by atoms with Crippen LogP contribution < -0.4 is 10.6 Å². The molecule has 0 saturated carbocycles. The monoisotopic (exact) mass is 408 g/mol. The van der Waals surface area contributed by atoms with Gasteiger partial charge in [-0.1, -0.05) is 37.6 Å². The zero-order valence-electron chi connectivity index (χ0n) is 16.0. The maximum atomic E-state index is 12.3. The first-order chi connectivity index (χ1) is 12.8. The molecule has 2 N–H and O–H groups in total. The number of ether oxygens (including phenoxy) is 1. The number of nitrogens with one attached hydrogen (secondary N) is 2. The Morgan fingerprint density at radius 1 is 1.22 bits per heavy atom. The predicted octanol–water partition coefficient (Wildman–Crippen LogP) is 4.81. The van der Waals surface area contributed by atoms with Crippen LogP contribution in [0, 0.1) is 12.8 Å². The molecule has 0 aliphatic heterocycles. The highest BCUT2D eigenvalue weighted by atomic mass is 35.5. The van der Waals surface area contributed by atoms with Gasteiger partial charge in [-0.15, -0.1) is 11.3 Å². The van der Waals surface area contributed by atoms with E-state index in [1.54, 1.807) is 13.0 Å². The van der Waals surface area contributed by atoms with E-state index in [2.05, 4.69) is 24.5 Å². The summed E-state index contributed by atoms with van der Waals surface area (Å²) in [4.78, 5) is 24.7. The number of carbonyl (C=O) groups is 2. The zero-order valence-corrected chi connectivity index (χ0v) is 17.5. The minimum absolute atomic E-state index is 0.0354. The molecule has 5 nitrogen and oxygen atoms in total. The van der Waals surface area contributed by atoms with Crippen molar-refractivity contribution in [3.8, 4) is 0 Å². The minimum atomic E-state index is -0.360. The molecule has 2 rings (SSSR count). The fourth-order valence-electron chi connectivity index (χ4n) is 2.74. The highest BCUT2D eigenvalue weighted by Crippen LogP contribution is 2.27. The molecule has 0 aliphatic rings. The summed E-state index contributed by atoms with van der Waals surface area (Å²) in [6, 6.07) is 9.44. The Bertz CT molecular complexity index is 787. The molecule has 1 atom stereocenters. The van der Waals surface area contributed by atoms with Crippen LogP contribution in [0.2, 0.25) is 5.02 Å². The first-order valence-electron chi connectivity index (χ1n) is 8.88. The maximum Gasteiger partial charge on any atom is 0.348 e. The molecule has 0 radical (unpaired) electrons. The van der Waals surface area contributed by atoms with Gasteiger partial charge in [0.15, 0.2) is 0 Å². The van der Waals surface area contributed by atoms with Crippen LogP contribution in [-0.4, -0.2) is 25.0 Å². The van der Waals surface area contributed by atoms with E-state index in [4.69, 9.17) is 16.3 Å². The normalized spacial score (nSPS) is 12.1. The largest absolute Gasteiger partial charge is 0.462 e. The topological polar surface area (TPSA) is 67.4 Å². The first kappa shape index (κ1) is 21.4. The molecule has 0 aliphatic carbocycles. The van der Waals surface area contributed by atoms with Gasteiger partial charge in [0.1, 0.15) is 4.88 Å². The van der Waals surface area contributed by atoms with Crippen LogP contribution in [-0.2, 0) is 9.53 Å². The van der Waals surface area contributed by atoms with Gasteiger partial charge in [0.2, 0.25) is 5.91 Å². The van der Waals surface area contributed by atoms with E-state index in [0.29, 0.717) is 27.4 Å². The molecule has 7 heteroatoms. The lowest BCUT2D eigenvalue weighted by molar-refractivity contribution is -0.115. The summed E-state index contributed by atoms with van der Waals surface area (Å²) >= 11 is 7.18. The molecule has 1 aromatic heterocycles. The molecule has 1 heterocycles. The maximum absolute atomic E-state index is 12.3. The van der Waals surface area contributed by atoms with Crippen LogP contribution in [0.15, 0.2) is 30.3 Å². The SMILES string of the molecule is CCOC(=O)c1sc(NC(=O)CNC(c2ccc(Cl)cc2)C(C)C)cc1C. The highest BCUT2D eigenvalue weighted by molar-refractivity contribution is 7.18. The van der Waals surface area contributed by atoms with Crippen LogP contribution in [0.5, 0.6) is 0 Å². The summed E-state index contributed by atoms with van der Waals surface area (Å²) in [5, 5.41) is 7.46. The fraction of sp³-hybridized carbons (Fsp3) is 0.400. The van der Waals surface area contributed by atoms with Gasteiger partial charge < -0.3 is 15.4 Å². The smallest absolute Gasteiger partial charge is 0.348 e. The standard InChI is InChI=1S/C20H25ClN2O3S/c1-5-26-20(25)19-13(4)10-17(27-19)23-16(24)11-22-18(12(2)3)14-6-8-15(21)9-7-14/h6-10,12,18,22H,5,11H2,1-4H3,(H,23,24). The highest BCUT2D eigenvalue weighted by Gasteiger charge is 2.18. The molecular weight excluding hydrogens is 384 g/mol. The predicted molar refractivity (Wildman–Crippen MR) is 111 cm³/mol. The van der Waals surface area contributed by atoms with Gasteiger partial charge in [0, 0.05) is 11.1 Å². The number of halogens is 1. The van der Waals surface area contributed by atoms with Crippen LogP contribution in [0.1, 0.15) is 47.6 Å². The van der Waals surface area contributed by atoms with E-state index in [0.717, 1.165) is 11.1 Å². The summed E-state index contributed by atoms with van der Waals surface area (Å²) in [5.74, 6) is -0.217. The summed E-state index contributed by atoms with van der Waals surface area (Å²) in [5.41, 5.74) is 1.88. The average Bonchev–Trinajstić information content (AvgIpc) is 2.97. The number of benzene rings is 1. The van der Waals surface area contributed by atoms with Gasteiger partial charge in [0.25, 0.3) is 0 Å². The summed E-state index contributed by atoms with van der Waals surface area (Å²) < 4.78 is 5.03. The van der Waals surface area contributed by atoms with Crippen molar-refractivity contribution in [2.45, 2.75) is 33.7 Å². The lowest BCUT2D eigenvalue weighted by Gasteiger charge is -2.22. The Morgan fingerprint density at radius 2 is 1.89 bits per heavy atom. The molecular formula is C20H25ClN2O3S. The van der Waals surface area contributed by atoms with Crippen molar-refractivity contribution in [3.05, 3.63) is 51.4 Å². The van der Waals surface area contributed by atoms with Crippen molar-refractivity contribution in [2.24, 2.45) is 5.92 Å². The number of thiophene rings is 1. The van der Waals surface area contributed by atoms with E-state index < -0.39 is 0 Å². The van der Waals surface area contributed by atoms with Gasteiger partial charge in [-0.2, -0.15) is 0 Å². The van der Waals surface area contributed by atoms with Crippen molar-refractivity contribution in [1.29, 1.82) is 0 Å². The lowest BCUT2D eigenvalue weighted by Crippen LogP contribution is -2.33. The Hall–Kier alpha value is -1.89. The number of hydrogen-bond donors (Lipinski definition) is 2. The second-order valence-electron chi connectivity index (χ2n) is 6.55. The molecule has 0 fully saturated rings. The zero-order chi connectivity index (χ0) is 20.0. The quantitative estimate of drug-likeness (QED) is 0.615. The van der Waals surface area contributed by atoms with Crippen molar-refractivity contribution in [1.82, 2.24) is 5.32 Å². The lowest BCUT2D eigenvalue weighted by atomic mass is 9.96. The molecule has 1 unspecified atom stereocenters. The van der Waals surface area contributed by atoms with Crippen LogP contribution >= 0.6 is 22.9 Å². The van der Waals surface area contributed by atoms with Gasteiger partial charge >= 0.3 is 5.97 Å². The van der Waals surface area contributed by atoms with E-state index in [-0.39, 0.29) is 24.5 Å². The Labute approximate surface area is 169 Å². The van der Waals surface area contributed by atoms with Crippen molar-refractivity contribution < 1.29 is 14.3 Å². The van der Waals surface area contributed by atoms with E-state index in [1.165, 1.54) is 11.3 Å². The van der Waals surface area contributed by atoms with Gasteiger partial charge in [0.05, 0.1) is 18.2 Å². The van der Waals surface area contributed by atoms with Crippen molar-refractivity contribution in [3.63, 3.8) is 0 Å². The molecule has 146 valence electrons. The Morgan fingerprint density at radius 3 is 2.48 bits per heavy atom. The average molecular weight is 409 g/mol. The van der Waals surface area contributed by atoms with Gasteiger partial charge in [-0.3, -0.25) is 4.79 Å². The third-order valence-electron chi connectivity index (χ3n) is 4.02. The second kappa shape index (κ2) is 9.88. The van der Waals surface area contributed by atoms with Gasteiger partial charge in [-0.25, -0.2) is 4.79 Å². The summed E-state index contributed by atoms with van der Waals surface area (Å²) in [6.45, 7) is 8.27. The Balaban J connectivity index is 1.97. The molecule has 0 spiro atoms. The van der Waals surface area contributed by atoms with Crippen LogP contribution in [0.4, 0.5) is 5.00 Å². The van der Waals surface area contributed by atoms with Gasteiger partial charge in [-0.05, 0) is 49.1 Å². The number of carbonyl (C=O) groups excluding carboxylic acids is 2. The van der Waals surface area contributed by atoms with Crippen LogP contribution in [0.3, 0.4) is 0 Å². The molecule has 0 bridgehead atoms. The molecule has 2 aromatic rings. The number of aryl methyl sites for hydroxylation is 1. The van der Waals surface area contributed by atoms with E-state index in [1.807, 2.05) is 31.2 Å². The van der Waals surface area contributed by atoms with Crippen LogP contribution in [0.25, 0.3) is 0 Å². The fourth-order valence-corrected chi connectivity index (χ4v) is 3.84. The number of hydrogen-bond acceptors (Lipinski definition) is 5. The number of rotatable bonds is 8. The van der Waals surface area contributed by atoms with E-state index in [9.17, 15) is 9.59 Å². The molecule has 1 amide bonds. The second-order valence-corrected chi connectivity index (χ2v) is 8.03. The van der Waals surface area contributed by atoms with E-state index >= 15 is 0 Å².